The van der Waals surface area contributed by atoms with Crippen LogP contribution in [-0.2, 0) is 11.3 Å². The van der Waals surface area contributed by atoms with Gasteiger partial charge >= 0.3 is 6.09 Å². The Kier molecular flexibility index (Phi) is 8.87. The first-order chi connectivity index (χ1) is 17.8. The van der Waals surface area contributed by atoms with Gasteiger partial charge in [-0.2, -0.15) is 0 Å². The van der Waals surface area contributed by atoms with Crippen molar-refractivity contribution in [1.29, 1.82) is 0 Å². The van der Waals surface area contributed by atoms with E-state index < -0.39 is 0 Å². The number of aryl methyl sites for hydroxylation is 2. The highest BCUT2D eigenvalue weighted by Crippen LogP contribution is 2.21. The Bertz CT molecular complexity index is 1140. The van der Waals surface area contributed by atoms with Crippen LogP contribution in [0.25, 0.3) is 0 Å². The van der Waals surface area contributed by atoms with Crippen LogP contribution in [0.2, 0.25) is 0 Å². The first-order valence-corrected chi connectivity index (χ1v) is 13.2. The van der Waals surface area contributed by atoms with Crippen molar-refractivity contribution in [1.82, 2.24) is 19.7 Å². The van der Waals surface area contributed by atoms with Gasteiger partial charge < -0.3 is 24.3 Å². The van der Waals surface area contributed by atoms with Gasteiger partial charge in [-0.05, 0) is 62.9 Å². The molecule has 4 rings (SSSR count). The summed E-state index contributed by atoms with van der Waals surface area (Å²) in [4.78, 5) is 45.9. The Balaban J connectivity index is 1.24. The van der Waals surface area contributed by atoms with Crippen molar-refractivity contribution in [3.8, 4) is 5.75 Å². The first kappa shape index (κ1) is 26.7. The van der Waals surface area contributed by atoms with E-state index in [0.717, 1.165) is 49.5 Å². The molecule has 2 aliphatic rings. The minimum atomic E-state index is -0.326. The van der Waals surface area contributed by atoms with E-state index in [2.05, 4.69) is 22.0 Å². The zero-order valence-electron chi connectivity index (χ0n) is 22.1. The molecule has 1 unspecified atom stereocenters. The Hall–Kier alpha value is -3.33. The van der Waals surface area contributed by atoms with Crippen LogP contribution in [0.1, 0.15) is 46.9 Å². The number of nitrogens with zero attached hydrogens (tertiary/aromatic N) is 3. The number of ether oxygens (including phenoxy) is 2. The van der Waals surface area contributed by atoms with E-state index >= 15 is 0 Å². The maximum Gasteiger partial charge on any atom is 0.409 e. The maximum absolute atomic E-state index is 13.0. The number of carbonyl (C=O) groups excluding carboxylic acids is 2. The average Bonchev–Trinajstić information content (AvgIpc) is 2.91. The topological polar surface area (TPSA) is 95.2 Å². The lowest BCUT2D eigenvalue weighted by atomic mass is 9.98. The number of hydrogen-bond donors (Lipinski definition) is 1. The SMILES string of the molecule is CCOC(=O)N1CCN(Cc2ccc(OCC3CCCN(C(=O)c4cc(C)c(C)[nH]c4=O)C3)cc2)CC1. The average molecular weight is 511 g/mol. The normalized spacial score (nSPS) is 18.5. The predicted molar refractivity (Wildman–Crippen MR) is 141 cm³/mol. The molecular formula is C28H38N4O5. The highest BCUT2D eigenvalue weighted by Gasteiger charge is 2.27. The summed E-state index contributed by atoms with van der Waals surface area (Å²) in [7, 11) is 0. The van der Waals surface area contributed by atoms with E-state index in [0.29, 0.717) is 39.4 Å². The van der Waals surface area contributed by atoms with Crippen LogP contribution >= 0.6 is 0 Å². The molecule has 9 heteroatoms. The van der Waals surface area contributed by atoms with Crippen LogP contribution in [0.3, 0.4) is 0 Å². The molecule has 2 saturated heterocycles. The molecule has 0 spiro atoms. The highest BCUT2D eigenvalue weighted by molar-refractivity contribution is 5.94. The number of rotatable bonds is 7. The van der Waals surface area contributed by atoms with Gasteiger partial charge in [0.15, 0.2) is 0 Å². The molecule has 1 aromatic carbocycles. The van der Waals surface area contributed by atoms with Crippen molar-refractivity contribution in [3.63, 3.8) is 0 Å². The summed E-state index contributed by atoms with van der Waals surface area (Å²) < 4.78 is 11.2. The smallest absolute Gasteiger partial charge is 0.409 e. The van der Waals surface area contributed by atoms with Crippen molar-refractivity contribution < 1.29 is 19.1 Å². The molecule has 1 N–H and O–H groups in total. The molecule has 0 radical (unpaired) electrons. The fourth-order valence-corrected chi connectivity index (χ4v) is 4.91. The molecule has 3 heterocycles. The predicted octanol–water partition coefficient (Wildman–Crippen LogP) is 3.20. The number of benzene rings is 1. The third-order valence-electron chi connectivity index (χ3n) is 7.25. The summed E-state index contributed by atoms with van der Waals surface area (Å²) in [6, 6.07) is 9.83. The molecule has 2 aromatic rings. The molecule has 1 aromatic heterocycles. The lowest BCUT2D eigenvalue weighted by Gasteiger charge is -2.34. The van der Waals surface area contributed by atoms with Crippen LogP contribution in [0, 0.1) is 19.8 Å². The van der Waals surface area contributed by atoms with E-state index in [4.69, 9.17) is 9.47 Å². The van der Waals surface area contributed by atoms with Gasteiger partial charge in [0.1, 0.15) is 11.3 Å². The Labute approximate surface area is 218 Å². The largest absolute Gasteiger partial charge is 0.493 e. The molecule has 2 aliphatic heterocycles. The van der Waals surface area contributed by atoms with Crippen LogP contribution < -0.4 is 10.3 Å². The number of amides is 2. The molecule has 2 fully saturated rings. The van der Waals surface area contributed by atoms with Crippen molar-refractivity contribution in [3.05, 3.63) is 63.1 Å². The van der Waals surface area contributed by atoms with Gasteiger partial charge in [0.05, 0.1) is 13.2 Å². The third kappa shape index (κ3) is 6.91. The van der Waals surface area contributed by atoms with E-state index in [-0.39, 0.29) is 29.0 Å². The summed E-state index contributed by atoms with van der Waals surface area (Å²) in [5.41, 5.74) is 2.77. The van der Waals surface area contributed by atoms with Crippen LogP contribution in [0.4, 0.5) is 4.79 Å². The van der Waals surface area contributed by atoms with Gasteiger partial charge in [-0.25, -0.2) is 4.79 Å². The molecule has 1 atom stereocenters. The zero-order chi connectivity index (χ0) is 26.4. The lowest BCUT2D eigenvalue weighted by molar-refractivity contribution is 0.0631. The molecule has 200 valence electrons. The van der Waals surface area contributed by atoms with Crippen molar-refractivity contribution in [2.45, 2.75) is 40.2 Å². The number of nitrogens with one attached hydrogen (secondary N) is 1. The Morgan fingerprint density at radius 2 is 1.76 bits per heavy atom. The standard InChI is InChI=1S/C28H38N4O5/c1-4-36-28(35)31-14-12-30(13-15-31)17-22-7-9-24(10-8-22)37-19-23-6-5-11-32(18-23)27(34)25-16-20(2)21(3)29-26(25)33/h7-10,16,23H,4-6,11-15,17-19H2,1-3H3,(H,29,33). The van der Waals surface area contributed by atoms with Gasteiger partial charge in [-0.3, -0.25) is 14.5 Å². The van der Waals surface area contributed by atoms with Gasteiger partial charge in [0.2, 0.25) is 0 Å². The second-order valence-electron chi connectivity index (χ2n) is 10.00. The van der Waals surface area contributed by atoms with Gasteiger partial charge in [-0.15, -0.1) is 0 Å². The van der Waals surface area contributed by atoms with Crippen LogP contribution in [-0.4, -0.2) is 84.2 Å². The summed E-state index contributed by atoms with van der Waals surface area (Å²) >= 11 is 0. The zero-order valence-corrected chi connectivity index (χ0v) is 22.1. The number of piperazine rings is 1. The van der Waals surface area contributed by atoms with E-state index in [1.165, 1.54) is 5.56 Å². The van der Waals surface area contributed by atoms with E-state index in [1.54, 1.807) is 15.9 Å². The minimum Gasteiger partial charge on any atom is -0.493 e. The lowest BCUT2D eigenvalue weighted by Crippen LogP contribution is -2.48. The summed E-state index contributed by atoms with van der Waals surface area (Å²) in [6.07, 6.45) is 1.65. The molecule has 9 nitrogen and oxygen atoms in total. The summed E-state index contributed by atoms with van der Waals surface area (Å²) in [5.74, 6) is 0.824. The summed E-state index contributed by atoms with van der Waals surface area (Å²) in [5, 5.41) is 0. The number of aromatic nitrogens is 1. The monoisotopic (exact) mass is 510 g/mol. The van der Waals surface area contributed by atoms with Gasteiger partial charge in [0, 0.05) is 57.4 Å². The number of likely N-dealkylation sites (tertiary alicyclic amines) is 1. The first-order valence-electron chi connectivity index (χ1n) is 13.2. The fourth-order valence-electron chi connectivity index (χ4n) is 4.91. The van der Waals surface area contributed by atoms with Crippen molar-refractivity contribution in [2.75, 3.05) is 52.5 Å². The second-order valence-corrected chi connectivity index (χ2v) is 10.00. The quantitative estimate of drug-likeness (QED) is 0.615. The number of H-pyrrole nitrogens is 1. The van der Waals surface area contributed by atoms with Crippen molar-refractivity contribution in [2.24, 2.45) is 5.92 Å². The van der Waals surface area contributed by atoms with Crippen molar-refractivity contribution >= 4 is 12.0 Å². The Morgan fingerprint density at radius 3 is 2.46 bits per heavy atom. The molecule has 0 saturated carbocycles. The number of pyridine rings is 1. The molecule has 2 amide bonds. The van der Waals surface area contributed by atoms with Gasteiger partial charge in [0.25, 0.3) is 11.5 Å². The number of aromatic amines is 1. The van der Waals surface area contributed by atoms with E-state index in [1.807, 2.05) is 32.9 Å². The third-order valence-corrected chi connectivity index (χ3v) is 7.25. The molecule has 37 heavy (non-hydrogen) atoms. The maximum atomic E-state index is 13.0. The highest BCUT2D eigenvalue weighted by atomic mass is 16.6. The number of carbonyl (C=O) groups is 2. The fraction of sp³-hybridized carbons (Fsp3) is 0.536. The summed E-state index contributed by atoms with van der Waals surface area (Å²) in [6.45, 7) is 11.6. The van der Waals surface area contributed by atoms with Crippen LogP contribution in [0.15, 0.2) is 35.1 Å². The number of hydrogen-bond acceptors (Lipinski definition) is 6. The molecular weight excluding hydrogens is 472 g/mol. The Morgan fingerprint density at radius 1 is 1.03 bits per heavy atom. The molecule has 0 bridgehead atoms. The minimum absolute atomic E-state index is 0.207. The van der Waals surface area contributed by atoms with E-state index in [9.17, 15) is 14.4 Å². The number of piperidine rings is 1. The second kappa shape index (κ2) is 12.3. The van der Waals surface area contributed by atoms with Crippen LogP contribution in [0.5, 0.6) is 5.75 Å². The van der Waals surface area contributed by atoms with Gasteiger partial charge in [-0.1, -0.05) is 12.1 Å². The molecule has 0 aliphatic carbocycles.